The van der Waals surface area contributed by atoms with Crippen molar-refractivity contribution in [3.8, 4) is 5.75 Å². The Morgan fingerprint density at radius 1 is 1.21 bits per heavy atom. The number of benzene rings is 1. The van der Waals surface area contributed by atoms with Crippen LogP contribution in [0.4, 0.5) is 0 Å². The molecule has 0 unspecified atom stereocenters. The van der Waals surface area contributed by atoms with E-state index in [0.717, 1.165) is 41.6 Å². The number of carbonyl (C=O) groups excluding carboxylic acids is 1. The minimum Gasteiger partial charge on any atom is -0.497 e. The molecule has 2 aromatic rings. The molecule has 3 N–H and O–H groups in total. The third-order valence-corrected chi connectivity index (χ3v) is 5.62. The van der Waals surface area contributed by atoms with Gasteiger partial charge in [0.1, 0.15) is 10.6 Å². The summed E-state index contributed by atoms with van der Waals surface area (Å²) in [5.41, 5.74) is 5.47. The summed E-state index contributed by atoms with van der Waals surface area (Å²) in [6.45, 7) is 1.46. The predicted octanol–water partition coefficient (Wildman–Crippen LogP) is 4.59. The second-order valence-corrected chi connectivity index (χ2v) is 7.20. The average molecular weight is 369 g/mol. The van der Waals surface area contributed by atoms with Crippen LogP contribution in [0.15, 0.2) is 18.2 Å². The topological polar surface area (TPSA) is 64.3 Å². The zero-order valence-corrected chi connectivity index (χ0v) is 15.6. The number of thiophene rings is 1. The normalized spacial score (nSPS) is 11.0. The second-order valence-electron chi connectivity index (χ2n) is 5.77. The number of rotatable bonds is 10. The number of amides is 1. The zero-order chi connectivity index (χ0) is 17.4. The lowest BCUT2D eigenvalue weighted by atomic mass is 10.1. The van der Waals surface area contributed by atoms with Gasteiger partial charge in [0.05, 0.1) is 12.1 Å². The van der Waals surface area contributed by atoms with E-state index in [4.69, 9.17) is 22.1 Å². The maximum Gasteiger partial charge on any atom is 0.262 e. The molecule has 1 heterocycles. The van der Waals surface area contributed by atoms with Gasteiger partial charge in [-0.25, -0.2) is 0 Å². The maximum absolute atomic E-state index is 12.3. The molecular formula is C18H25ClN2O2S. The molecule has 2 rings (SSSR count). The Morgan fingerprint density at radius 2 is 1.92 bits per heavy atom. The van der Waals surface area contributed by atoms with Crippen molar-refractivity contribution in [2.45, 2.75) is 38.5 Å². The van der Waals surface area contributed by atoms with Gasteiger partial charge in [0.15, 0.2) is 0 Å². The fourth-order valence-electron chi connectivity index (χ4n) is 2.58. The van der Waals surface area contributed by atoms with Gasteiger partial charge in [0.2, 0.25) is 0 Å². The van der Waals surface area contributed by atoms with Crippen molar-refractivity contribution in [1.29, 1.82) is 0 Å². The molecule has 0 spiro atoms. The van der Waals surface area contributed by atoms with Crippen molar-refractivity contribution in [3.05, 3.63) is 28.1 Å². The van der Waals surface area contributed by atoms with Gasteiger partial charge in [-0.05, 0) is 37.6 Å². The lowest BCUT2D eigenvalue weighted by molar-refractivity contribution is 0.0957. The molecule has 0 atom stereocenters. The van der Waals surface area contributed by atoms with Crippen LogP contribution in [0, 0.1) is 0 Å². The molecule has 4 nitrogen and oxygen atoms in total. The summed E-state index contributed by atoms with van der Waals surface area (Å²) < 4.78 is 6.18. The van der Waals surface area contributed by atoms with E-state index in [1.165, 1.54) is 30.6 Å². The first-order valence-corrected chi connectivity index (χ1v) is 9.61. The number of methoxy groups -OCH3 is 1. The van der Waals surface area contributed by atoms with E-state index >= 15 is 0 Å². The molecule has 0 radical (unpaired) electrons. The quantitative estimate of drug-likeness (QED) is 0.602. The van der Waals surface area contributed by atoms with Crippen molar-refractivity contribution in [2.75, 3.05) is 20.2 Å². The first-order chi connectivity index (χ1) is 11.7. The highest BCUT2D eigenvalue weighted by atomic mass is 35.5. The molecule has 24 heavy (non-hydrogen) atoms. The second kappa shape index (κ2) is 9.87. The van der Waals surface area contributed by atoms with Crippen LogP contribution in [0.25, 0.3) is 10.1 Å². The van der Waals surface area contributed by atoms with Crippen LogP contribution in [-0.2, 0) is 0 Å². The van der Waals surface area contributed by atoms with Gasteiger partial charge in [-0.2, -0.15) is 0 Å². The highest BCUT2D eigenvalue weighted by Gasteiger charge is 2.17. The van der Waals surface area contributed by atoms with Crippen molar-refractivity contribution in [1.82, 2.24) is 5.32 Å². The Morgan fingerprint density at radius 3 is 2.62 bits per heavy atom. The third-order valence-electron chi connectivity index (χ3n) is 3.96. The largest absolute Gasteiger partial charge is 0.497 e. The van der Waals surface area contributed by atoms with Gasteiger partial charge in [-0.15, -0.1) is 11.3 Å². The predicted molar refractivity (Wildman–Crippen MR) is 102 cm³/mol. The fourth-order valence-corrected chi connectivity index (χ4v) is 4.04. The SMILES string of the molecule is COc1ccc2c(Cl)c(C(=O)NCCCCCCCCN)sc2c1. The van der Waals surface area contributed by atoms with E-state index in [0.29, 0.717) is 16.4 Å². The van der Waals surface area contributed by atoms with Gasteiger partial charge in [0, 0.05) is 16.6 Å². The van der Waals surface area contributed by atoms with Gasteiger partial charge in [-0.3, -0.25) is 4.79 Å². The van der Waals surface area contributed by atoms with Crippen molar-refractivity contribution < 1.29 is 9.53 Å². The van der Waals surface area contributed by atoms with E-state index < -0.39 is 0 Å². The highest BCUT2D eigenvalue weighted by Crippen LogP contribution is 2.37. The lowest BCUT2D eigenvalue weighted by Gasteiger charge is -2.04. The number of halogens is 1. The summed E-state index contributed by atoms with van der Waals surface area (Å²) in [5, 5.41) is 4.39. The van der Waals surface area contributed by atoms with E-state index in [1.807, 2.05) is 18.2 Å². The van der Waals surface area contributed by atoms with Gasteiger partial charge < -0.3 is 15.8 Å². The summed E-state index contributed by atoms with van der Waals surface area (Å²) in [4.78, 5) is 12.9. The van der Waals surface area contributed by atoms with E-state index in [1.54, 1.807) is 7.11 Å². The molecule has 0 aliphatic carbocycles. The maximum atomic E-state index is 12.3. The molecule has 0 saturated carbocycles. The first-order valence-electron chi connectivity index (χ1n) is 8.41. The highest BCUT2D eigenvalue weighted by molar-refractivity contribution is 7.21. The third kappa shape index (κ3) is 5.10. The summed E-state index contributed by atoms with van der Waals surface area (Å²) in [5.74, 6) is 0.672. The molecule has 0 saturated heterocycles. The number of carbonyl (C=O) groups is 1. The molecule has 1 amide bonds. The molecule has 132 valence electrons. The van der Waals surface area contributed by atoms with Crippen molar-refractivity contribution in [2.24, 2.45) is 5.73 Å². The number of nitrogens with two attached hydrogens (primary N) is 1. The minimum atomic E-state index is -0.0942. The van der Waals surface area contributed by atoms with E-state index in [-0.39, 0.29) is 5.91 Å². The van der Waals surface area contributed by atoms with Crippen LogP contribution in [0.2, 0.25) is 5.02 Å². The minimum absolute atomic E-state index is 0.0942. The zero-order valence-electron chi connectivity index (χ0n) is 14.1. The smallest absolute Gasteiger partial charge is 0.262 e. The number of nitrogens with one attached hydrogen (secondary N) is 1. The van der Waals surface area contributed by atoms with E-state index in [2.05, 4.69) is 5.32 Å². The Hall–Kier alpha value is -1.30. The Bertz CT molecular complexity index is 672. The summed E-state index contributed by atoms with van der Waals surface area (Å²) in [6.07, 6.45) is 6.83. The monoisotopic (exact) mass is 368 g/mol. The number of ether oxygens (including phenoxy) is 1. The number of unbranched alkanes of at least 4 members (excludes halogenated alkanes) is 5. The summed E-state index contributed by atoms with van der Waals surface area (Å²) in [6, 6.07) is 5.66. The average Bonchev–Trinajstić information content (AvgIpc) is 2.93. The van der Waals surface area contributed by atoms with Gasteiger partial charge in [0.25, 0.3) is 5.91 Å². The summed E-state index contributed by atoms with van der Waals surface area (Å²) >= 11 is 7.76. The fraction of sp³-hybridized carbons (Fsp3) is 0.500. The molecule has 1 aromatic heterocycles. The molecule has 1 aromatic carbocycles. The van der Waals surface area contributed by atoms with Crippen LogP contribution >= 0.6 is 22.9 Å². The Kier molecular flexibility index (Phi) is 7.82. The van der Waals surface area contributed by atoms with Crippen molar-refractivity contribution >= 4 is 38.9 Å². The standard InChI is InChI=1S/C18H25ClN2O2S/c1-23-13-8-9-14-15(12-13)24-17(16(14)19)18(22)21-11-7-5-3-2-4-6-10-20/h8-9,12H,2-7,10-11,20H2,1H3,(H,21,22). The number of hydrogen-bond donors (Lipinski definition) is 2. The molecule has 0 fully saturated rings. The molecule has 0 aliphatic heterocycles. The van der Waals surface area contributed by atoms with Crippen molar-refractivity contribution in [3.63, 3.8) is 0 Å². The molecular weight excluding hydrogens is 344 g/mol. The molecule has 0 bridgehead atoms. The van der Waals surface area contributed by atoms with Crippen LogP contribution in [0.5, 0.6) is 5.75 Å². The Balaban J connectivity index is 1.82. The lowest BCUT2D eigenvalue weighted by Crippen LogP contribution is -2.23. The number of fused-ring (bicyclic) bond motifs is 1. The molecule has 6 heteroatoms. The summed E-state index contributed by atoms with van der Waals surface area (Å²) in [7, 11) is 1.63. The van der Waals surface area contributed by atoms with Crippen LogP contribution < -0.4 is 15.8 Å². The van der Waals surface area contributed by atoms with Gasteiger partial charge in [-0.1, -0.05) is 37.3 Å². The Labute approximate surface area is 152 Å². The van der Waals surface area contributed by atoms with Gasteiger partial charge >= 0.3 is 0 Å². The molecule has 0 aliphatic rings. The van der Waals surface area contributed by atoms with Crippen LogP contribution in [0.1, 0.15) is 48.2 Å². The van der Waals surface area contributed by atoms with Crippen LogP contribution in [-0.4, -0.2) is 26.1 Å². The number of hydrogen-bond acceptors (Lipinski definition) is 4. The van der Waals surface area contributed by atoms with E-state index in [9.17, 15) is 4.79 Å². The first kappa shape index (κ1) is 19.0. The van der Waals surface area contributed by atoms with Crippen LogP contribution in [0.3, 0.4) is 0 Å².